The fraction of sp³-hybridized carbons (Fsp3) is 0.278. The molecule has 144 valence electrons. The summed E-state index contributed by atoms with van der Waals surface area (Å²) in [6, 6.07) is 6.23. The van der Waals surface area contributed by atoms with Gasteiger partial charge in [-0.2, -0.15) is 0 Å². The first kappa shape index (κ1) is 20.2. The van der Waals surface area contributed by atoms with E-state index in [1.165, 1.54) is 37.7 Å². The van der Waals surface area contributed by atoms with Gasteiger partial charge in [0.1, 0.15) is 0 Å². The van der Waals surface area contributed by atoms with Crippen molar-refractivity contribution < 1.29 is 33.3 Å². The van der Waals surface area contributed by atoms with Crippen molar-refractivity contribution >= 4 is 29.0 Å². The third-order valence-corrected chi connectivity index (χ3v) is 4.45. The molecule has 0 radical (unpaired) electrons. The van der Waals surface area contributed by atoms with Crippen LogP contribution in [0.5, 0.6) is 17.2 Å². The van der Waals surface area contributed by atoms with Gasteiger partial charge >= 0.3 is 5.97 Å². The number of ether oxygens (including phenoxy) is 4. The van der Waals surface area contributed by atoms with E-state index >= 15 is 0 Å². The Morgan fingerprint density at radius 3 is 2.15 bits per heavy atom. The van der Waals surface area contributed by atoms with Gasteiger partial charge in [-0.05, 0) is 31.2 Å². The van der Waals surface area contributed by atoms with Crippen LogP contribution in [-0.4, -0.2) is 45.1 Å². The second kappa shape index (κ2) is 9.04. The Kier molecular flexibility index (Phi) is 6.78. The minimum absolute atomic E-state index is 0.102. The summed E-state index contributed by atoms with van der Waals surface area (Å²) >= 11 is 1.33. The maximum absolute atomic E-state index is 12.3. The van der Waals surface area contributed by atoms with Gasteiger partial charge in [-0.1, -0.05) is 0 Å². The van der Waals surface area contributed by atoms with Crippen molar-refractivity contribution in [2.24, 2.45) is 5.73 Å². The standard InChI is InChI=1S/C18H19NO7S/c1-10-4-5-15(27-10)12(20)8-26-18(22)11-6-13(23-2)17(14(7-11)24-3)25-9-16(19)21/h4-7H,8-9H2,1-3H3,(H2,19,21). The molecular formula is C18H19NO7S. The molecule has 0 aliphatic rings. The lowest BCUT2D eigenvalue weighted by atomic mass is 10.2. The molecule has 0 bridgehead atoms. The molecule has 0 fully saturated rings. The second-order valence-electron chi connectivity index (χ2n) is 5.37. The minimum atomic E-state index is -0.727. The molecule has 0 saturated carbocycles. The monoisotopic (exact) mass is 393 g/mol. The summed E-state index contributed by atoms with van der Waals surface area (Å²) in [4.78, 5) is 36.8. The highest BCUT2D eigenvalue weighted by Crippen LogP contribution is 2.38. The number of carbonyl (C=O) groups excluding carboxylic acids is 3. The number of hydrogen-bond acceptors (Lipinski definition) is 8. The number of thiophene rings is 1. The number of hydrogen-bond donors (Lipinski definition) is 1. The lowest BCUT2D eigenvalue weighted by molar-refractivity contribution is -0.120. The van der Waals surface area contributed by atoms with Crippen LogP contribution < -0.4 is 19.9 Å². The normalized spacial score (nSPS) is 10.2. The third kappa shape index (κ3) is 5.20. The number of ketones is 1. The Morgan fingerprint density at radius 1 is 1.04 bits per heavy atom. The molecule has 9 heteroatoms. The highest BCUT2D eigenvalue weighted by molar-refractivity contribution is 7.14. The number of carbonyl (C=O) groups is 3. The summed E-state index contributed by atoms with van der Waals surface area (Å²) in [7, 11) is 2.73. The molecule has 0 atom stereocenters. The van der Waals surface area contributed by atoms with Crippen molar-refractivity contribution in [3.05, 3.63) is 39.6 Å². The molecule has 0 spiro atoms. The lowest BCUT2D eigenvalue weighted by Crippen LogP contribution is -2.20. The molecule has 2 N–H and O–H groups in total. The SMILES string of the molecule is COc1cc(C(=O)OCC(=O)c2ccc(C)s2)cc(OC)c1OCC(N)=O. The topological polar surface area (TPSA) is 114 Å². The molecule has 27 heavy (non-hydrogen) atoms. The number of primary amides is 1. The molecule has 0 aliphatic heterocycles. The van der Waals surface area contributed by atoms with Crippen molar-refractivity contribution in [3.63, 3.8) is 0 Å². The van der Waals surface area contributed by atoms with Crippen molar-refractivity contribution in [2.45, 2.75) is 6.92 Å². The first-order valence-electron chi connectivity index (χ1n) is 7.79. The van der Waals surface area contributed by atoms with Gasteiger partial charge in [-0.25, -0.2) is 4.79 Å². The predicted octanol–water partition coefficient (Wildman–Crippen LogP) is 1.98. The van der Waals surface area contributed by atoms with Crippen molar-refractivity contribution in [2.75, 3.05) is 27.4 Å². The zero-order valence-corrected chi connectivity index (χ0v) is 15.9. The number of methoxy groups -OCH3 is 2. The van der Waals surface area contributed by atoms with Gasteiger partial charge < -0.3 is 24.7 Å². The summed E-state index contributed by atoms with van der Waals surface area (Å²) < 4.78 is 20.7. The maximum Gasteiger partial charge on any atom is 0.338 e. The average molecular weight is 393 g/mol. The van der Waals surface area contributed by atoms with Gasteiger partial charge in [0.25, 0.3) is 5.91 Å². The van der Waals surface area contributed by atoms with Crippen molar-refractivity contribution in [1.29, 1.82) is 0 Å². The van der Waals surface area contributed by atoms with Gasteiger partial charge in [-0.15, -0.1) is 11.3 Å². The molecule has 2 aromatic rings. The van der Waals surface area contributed by atoms with Crippen LogP contribution in [0.1, 0.15) is 24.9 Å². The van der Waals surface area contributed by atoms with Crippen LogP contribution in [0, 0.1) is 6.92 Å². The zero-order chi connectivity index (χ0) is 20.0. The van der Waals surface area contributed by atoms with Gasteiger partial charge in [0, 0.05) is 4.88 Å². The highest BCUT2D eigenvalue weighted by atomic mass is 32.1. The predicted molar refractivity (Wildman–Crippen MR) is 97.9 cm³/mol. The van der Waals surface area contributed by atoms with Crippen LogP contribution in [0.4, 0.5) is 0 Å². The Balaban J connectivity index is 2.15. The third-order valence-electron chi connectivity index (χ3n) is 3.40. The van der Waals surface area contributed by atoms with E-state index < -0.39 is 11.9 Å². The van der Waals surface area contributed by atoms with E-state index in [-0.39, 0.29) is 41.8 Å². The number of benzene rings is 1. The van der Waals surface area contributed by atoms with E-state index in [0.29, 0.717) is 4.88 Å². The number of aryl methyl sites for hydroxylation is 1. The molecule has 0 aliphatic carbocycles. The van der Waals surface area contributed by atoms with Crippen LogP contribution in [0.15, 0.2) is 24.3 Å². The van der Waals surface area contributed by atoms with Gasteiger partial charge in [0.05, 0.1) is 24.7 Å². The summed E-state index contributed by atoms with van der Waals surface area (Å²) in [5.41, 5.74) is 5.17. The zero-order valence-electron chi connectivity index (χ0n) is 15.1. The smallest absolute Gasteiger partial charge is 0.338 e. The molecule has 0 saturated heterocycles. The lowest BCUT2D eigenvalue weighted by Gasteiger charge is -2.15. The van der Waals surface area contributed by atoms with E-state index in [1.54, 1.807) is 6.07 Å². The van der Waals surface area contributed by atoms with E-state index in [1.807, 2.05) is 13.0 Å². The molecule has 1 heterocycles. The molecule has 8 nitrogen and oxygen atoms in total. The maximum atomic E-state index is 12.3. The molecule has 1 amide bonds. The molecule has 1 aromatic heterocycles. The van der Waals surface area contributed by atoms with Gasteiger partial charge in [-0.3, -0.25) is 9.59 Å². The first-order valence-corrected chi connectivity index (χ1v) is 8.61. The van der Waals surface area contributed by atoms with E-state index in [0.717, 1.165) is 4.88 Å². The number of Topliss-reactive ketones (excluding diaryl/α,β-unsaturated/α-hetero) is 1. The first-order chi connectivity index (χ1) is 12.8. The van der Waals surface area contributed by atoms with Crippen LogP contribution >= 0.6 is 11.3 Å². The van der Waals surface area contributed by atoms with E-state index in [9.17, 15) is 14.4 Å². The average Bonchev–Trinajstić information content (AvgIpc) is 3.09. The Bertz CT molecular complexity index is 834. The number of amides is 1. The highest BCUT2D eigenvalue weighted by Gasteiger charge is 2.20. The van der Waals surface area contributed by atoms with E-state index in [2.05, 4.69) is 0 Å². The fourth-order valence-electron chi connectivity index (χ4n) is 2.15. The number of nitrogens with two attached hydrogens (primary N) is 1. The molecule has 2 rings (SSSR count). The Hall–Kier alpha value is -3.07. The van der Waals surface area contributed by atoms with Crippen LogP contribution in [0.3, 0.4) is 0 Å². The van der Waals surface area contributed by atoms with Crippen LogP contribution in [-0.2, 0) is 9.53 Å². The van der Waals surface area contributed by atoms with Crippen LogP contribution in [0.2, 0.25) is 0 Å². The fourth-order valence-corrected chi connectivity index (χ4v) is 2.95. The number of rotatable bonds is 9. The molecular weight excluding hydrogens is 374 g/mol. The van der Waals surface area contributed by atoms with Crippen LogP contribution in [0.25, 0.3) is 0 Å². The molecule has 1 aromatic carbocycles. The number of esters is 1. The summed E-state index contributed by atoms with van der Waals surface area (Å²) in [5, 5.41) is 0. The molecule has 0 unspecified atom stereocenters. The summed E-state index contributed by atoms with van der Waals surface area (Å²) in [6.45, 7) is 1.11. The van der Waals surface area contributed by atoms with Crippen molar-refractivity contribution in [1.82, 2.24) is 0 Å². The van der Waals surface area contributed by atoms with E-state index in [4.69, 9.17) is 24.7 Å². The summed E-state index contributed by atoms with van der Waals surface area (Å²) in [6.07, 6.45) is 0. The Morgan fingerprint density at radius 2 is 1.67 bits per heavy atom. The second-order valence-corrected chi connectivity index (χ2v) is 6.66. The quantitative estimate of drug-likeness (QED) is 0.512. The largest absolute Gasteiger partial charge is 0.493 e. The van der Waals surface area contributed by atoms with Gasteiger partial charge in [0.15, 0.2) is 24.7 Å². The minimum Gasteiger partial charge on any atom is -0.493 e. The Labute approximate surface area is 159 Å². The summed E-state index contributed by atoms with van der Waals surface area (Å²) in [5.74, 6) is -1.26. The van der Waals surface area contributed by atoms with Gasteiger partial charge in [0.2, 0.25) is 11.5 Å². The van der Waals surface area contributed by atoms with Crippen molar-refractivity contribution in [3.8, 4) is 17.2 Å².